The molecule has 0 aliphatic heterocycles. The minimum absolute atomic E-state index is 0.00214. The third kappa shape index (κ3) is 3.69. The lowest BCUT2D eigenvalue weighted by Gasteiger charge is -2.03. The molecule has 0 bridgehead atoms. The first-order valence-electron chi connectivity index (χ1n) is 7.12. The summed E-state index contributed by atoms with van der Waals surface area (Å²) in [5.41, 5.74) is 4.31. The van der Waals surface area contributed by atoms with Crippen LogP contribution in [0.5, 0.6) is 0 Å². The average molecular weight is 306 g/mol. The van der Waals surface area contributed by atoms with Gasteiger partial charge in [-0.3, -0.25) is 9.48 Å². The number of aromatic nitrogens is 3. The molecule has 2 aromatic heterocycles. The molecule has 0 aliphatic rings. The molecule has 2 rings (SSSR count). The van der Waals surface area contributed by atoms with Crippen molar-refractivity contribution in [3.8, 4) is 0 Å². The molecule has 2 aromatic rings. The molecule has 6 heteroatoms. The van der Waals surface area contributed by atoms with Gasteiger partial charge in [-0.1, -0.05) is 13.8 Å². The highest BCUT2D eigenvalue weighted by Crippen LogP contribution is 2.22. The summed E-state index contributed by atoms with van der Waals surface area (Å²) in [4.78, 5) is 16.4. The second-order valence-corrected chi connectivity index (χ2v) is 6.41. The fourth-order valence-electron chi connectivity index (χ4n) is 2.21. The van der Waals surface area contributed by atoms with Crippen molar-refractivity contribution in [2.45, 2.75) is 46.5 Å². The molecule has 0 radical (unpaired) electrons. The number of rotatable bonds is 5. The molecule has 0 fully saturated rings. The molecule has 1 N–H and O–H groups in total. The SMILES string of the molecule is Cc1nn(C)c(C)c1CCC(=O)Nc1nc(C(C)C)cs1. The Labute approximate surface area is 129 Å². The summed E-state index contributed by atoms with van der Waals surface area (Å²) in [7, 11) is 1.93. The summed E-state index contributed by atoms with van der Waals surface area (Å²) in [5, 5.41) is 9.92. The number of carbonyl (C=O) groups excluding carboxylic acids is 1. The Morgan fingerprint density at radius 1 is 1.43 bits per heavy atom. The number of anilines is 1. The summed E-state index contributed by atoms with van der Waals surface area (Å²) in [6.07, 6.45) is 1.16. The normalized spacial score (nSPS) is 11.1. The van der Waals surface area contributed by atoms with Crippen LogP contribution in [-0.4, -0.2) is 20.7 Å². The Morgan fingerprint density at radius 3 is 2.67 bits per heavy atom. The van der Waals surface area contributed by atoms with E-state index in [1.165, 1.54) is 11.3 Å². The Hall–Kier alpha value is -1.69. The topological polar surface area (TPSA) is 59.8 Å². The van der Waals surface area contributed by atoms with Gasteiger partial charge in [-0.15, -0.1) is 11.3 Å². The van der Waals surface area contributed by atoms with E-state index in [2.05, 4.69) is 29.2 Å². The highest BCUT2D eigenvalue weighted by molar-refractivity contribution is 7.13. The number of hydrogen-bond acceptors (Lipinski definition) is 4. The number of nitrogens with zero attached hydrogens (tertiary/aromatic N) is 3. The molecular weight excluding hydrogens is 284 g/mol. The number of nitrogens with one attached hydrogen (secondary N) is 1. The van der Waals surface area contributed by atoms with Crippen LogP contribution in [0.3, 0.4) is 0 Å². The lowest BCUT2D eigenvalue weighted by Crippen LogP contribution is -2.12. The zero-order chi connectivity index (χ0) is 15.6. The third-order valence-corrected chi connectivity index (χ3v) is 4.40. The van der Waals surface area contributed by atoms with Crippen LogP contribution in [0.25, 0.3) is 0 Å². The maximum absolute atomic E-state index is 12.0. The standard InChI is InChI=1S/C15H22N4OS/c1-9(2)13-8-21-15(16-13)17-14(20)7-6-12-10(3)18-19(5)11(12)4/h8-9H,6-7H2,1-5H3,(H,16,17,20). The molecule has 2 heterocycles. The summed E-state index contributed by atoms with van der Waals surface area (Å²) in [5.74, 6) is 0.384. The zero-order valence-electron chi connectivity index (χ0n) is 13.2. The summed E-state index contributed by atoms with van der Waals surface area (Å²) in [6.45, 7) is 8.20. The van der Waals surface area contributed by atoms with Gasteiger partial charge in [-0.25, -0.2) is 4.98 Å². The Bertz CT molecular complexity index is 642. The smallest absolute Gasteiger partial charge is 0.226 e. The van der Waals surface area contributed by atoms with Crippen molar-refractivity contribution in [1.82, 2.24) is 14.8 Å². The molecule has 1 amide bonds. The van der Waals surface area contributed by atoms with Crippen LogP contribution in [0.2, 0.25) is 0 Å². The van der Waals surface area contributed by atoms with E-state index >= 15 is 0 Å². The van der Waals surface area contributed by atoms with E-state index in [0.717, 1.165) is 22.6 Å². The minimum Gasteiger partial charge on any atom is -0.302 e. The molecule has 0 aliphatic carbocycles. The Morgan fingerprint density at radius 2 is 2.14 bits per heavy atom. The summed E-state index contributed by atoms with van der Waals surface area (Å²) in [6, 6.07) is 0. The quantitative estimate of drug-likeness (QED) is 0.923. The fraction of sp³-hybridized carbons (Fsp3) is 0.533. The largest absolute Gasteiger partial charge is 0.302 e. The van der Waals surface area contributed by atoms with E-state index in [1.54, 1.807) is 0 Å². The van der Waals surface area contributed by atoms with Crippen LogP contribution in [-0.2, 0) is 18.3 Å². The van der Waals surface area contributed by atoms with Gasteiger partial charge in [0.15, 0.2) is 5.13 Å². The lowest BCUT2D eigenvalue weighted by molar-refractivity contribution is -0.116. The number of amides is 1. The van der Waals surface area contributed by atoms with E-state index < -0.39 is 0 Å². The summed E-state index contributed by atoms with van der Waals surface area (Å²) >= 11 is 1.48. The van der Waals surface area contributed by atoms with Crippen molar-refractivity contribution in [2.24, 2.45) is 7.05 Å². The second kappa shape index (κ2) is 6.39. The van der Waals surface area contributed by atoms with Gasteiger partial charge in [0.2, 0.25) is 5.91 Å². The number of aryl methyl sites for hydroxylation is 2. The molecular formula is C15H22N4OS. The van der Waals surface area contributed by atoms with Crippen molar-refractivity contribution in [2.75, 3.05) is 5.32 Å². The van der Waals surface area contributed by atoms with E-state index in [0.29, 0.717) is 23.9 Å². The van der Waals surface area contributed by atoms with Gasteiger partial charge in [0, 0.05) is 24.5 Å². The second-order valence-electron chi connectivity index (χ2n) is 5.55. The van der Waals surface area contributed by atoms with Gasteiger partial charge in [0.05, 0.1) is 11.4 Å². The zero-order valence-corrected chi connectivity index (χ0v) is 14.0. The van der Waals surface area contributed by atoms with Crippen LogP contribution in [0, 0.1) is 13.8 Å². The van der Waals surface area contributed by atoms with Gasteiger partial charge in [-0.2, -0.15) is 5.10 Å². The highest BCUT2D eigenvalue weighted by atomic mass is 32.1. The predicted molar refractivity (Wildman–Crippen MR) is 85.8 cm³/mol. The molecule has 0 saturated carbocycles. The third-order valence-electron chi connectivity index (χ3n) is 3.62. The van der Waals surface area contributed by atoms with E-state index in [-0.39, 0.29) is 5.91 Å². The monoisotopic (exact) mass is 306 g/mol. The molecule has 0 saturated heterocycles. The average Bonchev–Trinajstić information content (AvgIpc) is 2.95. The molecule has 0 spiro atoms. The van der Waals surface area contributed by atoms with Gasteiger partial charge in [-0.05, 0) is 31.7 Å². The predicted octanol–water partition coefficient (Wildman–Crippen LogP) is 3.19. The van der Waals surface area contributed by atoms with Crippen molar-refractivity contribution >= 4 is 22.4 Å². The lowest BCUT2D eigenvalue weighted by atomic mass is 10.1. The summed E-state index contributed by atoms with van der Waals surface area (Å²) < 4.78 is 1.86. The van der Waals surface area contributed by atoms with Crippen LogP contribution < -0.4 is 5.32 Å². The van der Waals surface area contributed by atoms with Gasteiger partial charge < -0.3 is 5.32 Å². The fourth-order valence-corrected chi connectivity index (χ4v) is 3.10. The van der Waals surface area contributed by atoms with Crippen LogP contribution in [0.1, 0.15) is 48.8 Å². The Balaban J connectivity index is 1.92. The van der Waals surface area contributed by atoms with Gasteiger partial charge >= 0.3 is 0 Å². The van der Waals surface area contributed by atoms with Crippen molar-refractivity contribution in [3.05, 3.63) is 28.0 Å². The Kier molecular flexibility index (Phi) is 4.77. The van der Waals surface area contributed by atoms with Crippen molar-refractivity contribution in [1.29, 1.82) is 0 Å². The van der Waals surface area contributed by atoms with Gasteiger partial charge in [0.1, 0.15) is 0 Å². The first-order chi connectivity index (χ1) is 9.88. The van der Waals surface area contributed by atoms with E-state index in [4.69, 9.17) is 0 Å². The number of hydrogen-bond donors (Lipinski definition) is 1. The van der Waals surface area contributed by atoms with Crippen molar-refractivity contribution in [3.63, 3.8) is 0 Å². The van der Waals surface area contributed by atoms with E-state index in [9.17, 15) is 4.79 Å². The molecule has 21 heavy (non-hydrogen) atoms. The molecule has 114 valence electrons. The minimum atomic E-state index is 0.00214. The first kappa shape index (κ1) is 15.7. The molecule has 0 atom stereocenters. The maximum Gasteiger partial charge on any atom is 0.226 e. The first-order valence-corrected chi connectivity index (χ1v) is 8.00. The van der Waals surface area contributed by atoms with Gasteiger partial charge in [0.25, 0.3) is 0 Å². The van der Waals surface area contributed by atoms with Crippen molar-refractivity contribution < 1.29 is 4.79 Å². The van der Waals surface area contributed by atoms with Crippen LogP contribution in [0.15, 0.2) is 5.38 Å². The number of thiazole rings is 1. The highest BCUT2D eigenvalue weighted by Gasteiger charge is 2.13. The molecule has 0 unspecified atom stereocenters. The van der Waals surface area contributed by atoms with E-state index in [1.807, 2.05) is 31.0 Å². The number of carbonyl (C=O) groups is 1. The van der Waals surface area contributed by atoms with Crippen LogP contribution >= 0.6 is 11.3 Å². The maximum atomic E-state index is 12.0. The van der Waals surface area contributed by atoms with Crippen LogP contribution in [0.4, 0.5) is 5.13 Å². The molecule has 5 nitrogen and oxygen atoms in total. The molecule has 0 aromatic carbocycles.